The Bertz CT molecular complexity index is 3970. The quantitative estimate of drug-likeness (QED) is 0.163. The fourth-order valence-corrected chi connectivity index (χ4v) is 11.0. The van der Waals surface area contributed by atoms with Crippen molar-refractivity contribution in [2.45, 2.75) is 0 Å². The van der Waals surface area contributed by atoms with E-state index in [1.54, 1.807) is 0 Å². The summed E-state index contributed by atoms with van der Waals surface area (Å²) in [7, 11) is 0. The normalized spacial score (nSPS) is 11.9. The first kappa shape index (κ1) is 36.7. The Morgan fingerprint density at radius 3 is 0.985 bits per heavy atom. The molecule has 0 radical (unpaired) electrons. The summed E-state index contributed by atoms with van der Waals surface area (Å²) in [4.78, 5) is 0. The van der Waals surface area contributed by atoms with Gasteiger partial charge in [0.1, 0.15) is 0 Å². The van der Waals surface area contributed by atoms with E-state index in [2.05, 4.69) is 252 Å². The van der Waals surface area contributed by atoms with Gasteiger partial charge in [0.2, 0.25) is 0 Å². The molecule has 12 aromatic carbocycles. The van der Waals surface area contributed by atoms with E-state index in [9.17, 15) is 0 Å². The molecule has 2 heterocycles. The number of benzene rings is 12. The molecular formula is C64H40N2. The van der Waals surface area contributed by atoms with Crippen LogP contribution in [0.3, 0.4) is 0 Å². The van der Waals surface area contributed by atoms with Gasteiger partial charge in [-0.25, -0.2) is 0 Å². The lowest BCUT2D eigenvalue weighted by Crippen LogP contribution is -1.95. The Morgan fingerprint density at radius 1 is 0.212 bits per heavy atom. The molecule has 0 aliphatic carbocycles. The van der Waals surface area contributed by atoms with Gasteiger partial charge in [-0.15, -0.1) is 0 Å². The summed E-state index contributed by atoms with van der Waals surface area (Å²) in [6.45, 7) is 0. The smallest absolute Gasteiger partial charge is 0.0547 e. The monoisotopic (exact) mass is 836 g/mol. The zero-order valence-corrected chi connectivity index (χ0v) is 36.0. The van der Waals surface area contributed by atoms with Crippen molar-refractivity contribution in [1.29, 1.82) is 0 Å². The molecule has 2 nitrogen and oxygen atoms in total. The van der Waals surface area contributed by atoms with Crippen molar-refractivity contribution in [3.63, 3.8) is 0 Å². The topological polar surface area (TPSA) is 9.86 Å². The van der Waals surface area contributed by atoms with E-state index in [4.69, 9.17) is 0 Å². The first-order valence-electron chi connectivity index (χ1n) is 22.8. The van der Waals surface area contributed by atoms with E-state index < -0.39 is 0 Å². The van der Waals surface area contributed by atoms with Crippen molar-refractivity contribution < 1.29 is 0 Å². The lowest BCUT2D eigenvalue weighted by Gasteiger charge is -2.13. The highest BCUT2D eigenvalue weighted by molar-refractivity contribution is 6.23. The summed E-state index contributed by atoms with van der Waals surface area (Å²) < 4.78 is 4.91. The first-order chi connectivity index (χ1) is 32.7. The maximum atomic E-state index is 2.46. The summed E-state index contributed by atoms with van der Waals surface area (Å²) in [6, 6.07) is 89.6. The number of fused-ring (bicyclic) bond motifs is 12. The Balaban J connectivity index is 0.893. The zero-order chi connectivity index (χ0) is 43.3. The van der Waals surface area contributed by atoms with Crippen molar-refractivity contribution >= 4 is 86.7 Å². The molecule has 0 unspecified atom stereocenters. The maximum Gasteiger partial charge on any atom is 0.0547 e. The van der Waals surface area contributed by atoms with Crippen molar-refractivity contribution in [2.75, 3.05) is 0 Å². The van der Waals surface area contributed by atoms with Gasteiger partial charge in [-0.05, 0) is 125 Å². The maximum absolute atomic E-state index is 2.46. The summed E-state index contributed by atoms with van der Waals surface area (Å²) in [5.41, 5.74) is 14.4. The summed E-state index contributed by atoms with van der Waals surface area (Å²) >= 11 is 0. The molecule has 66 heavy (non-hydrogen) atoms. The van der Waals surface area contributed by atoms with Crippen molar-refractivity contribution in [2.24, 2.45) is 0 Å². The minimum atomic E-state index is 1.14. The van der Waals surface area contributed by atoms with Crippen LogP contribution in [0.4, 0.5) is 0 Å². The standard InChI is InChI=1S/C64H40N2/c1-5-17-51-43(11-1)15-9-21-53(51)47-27-35-57-61(39-47)65(59-37-29-45-13-3-7-19-55(45)63(57)59)49-31-23-41(24-32-49)42-25-33-50(34-26-42)66-60-38-30-46-14-4-8-20-56(46)64(60)58-36-28-48(40-62(58)66)54-22-10-16-44-12-2-6-18-52(44)54/h1-40H. The lowest BCUT2D eigenvalue weighted by atomic mass is 9.97. The van der Waals surface area contributed by atoms with Crippen molar-refractivity contribution in [1.82, 2.24) is 9.13 Å². The minimum Gasteiger partial charge on any atom is -0.309 e. The fraction of sp³-hybridized carbons (Fsp3) is 0. The molecule has 2 aromatic heterocycles. The number of hydrogen-bond donors (Lipinski definition) is 0. The molecule has 14 aromatic rings. The Kier molecular flexibility index (Phi) is 8.02. The second kappa shape index (κ2) is 14.4. The highest BCUT2D eigenvalue weighted by atomic mass is 15.0. The van der Waals surface area contributed by atoms with Gasteiger partial charge in [-0.3, -0.25) is 0 Å². The van der Waals surface area contributed by atoms with E-state index in [0.717, 1.165) is 11.4 Å². The van der Waals surface area contributed by atoms with E-state index >= 15 is 0 Å². The summed E-state index contributed by atoms with van der Waals surface area (Å²) in [5.74, 6) is 0. The van der Waals surface area contributed by atoms with Gasteiger partial charge >= 0.3 is 0 Å². The van der Waals surface area contributed by atoms with Crippen LogP contribution >= 0.6 is 0 Å². The second-order valence-corrected chi connectivity index (χ2v) is 17.6. The molecule has 0 bridgehead atoms. The lowest BCUT2D eigenvalue weighted by molar-refractivity contribution is 1.18. The van der Waals surface area contributed by atoms with Gasteiger partial charge in [0.15, 0.2) is 0 Å². The third kappa shape index (κ3) is 5.55. The van der Waals surface area contributed by atoms with Gasteiger partial charge in [0.25, 0.3) is 0 Å². The largest absolute Gasteiger partial charge is 0.309 e. The Labute approximate surface area is 381 Å². The van der Waals surface area contributed by atoms with Gasteiger partial charge in [0.05, 0.1) is 22.1 Å². The first-order valence-corrected chi connectivity index (χ1v) is 22.8. The molecule has 0 saturated carbocycles. The van der Waals surface area contributed by atoms with E-state index in [1.807, 2.05) is 0 Å². The van der Waals surface area contributed by atoms with Crippen LogP contribution in [-0.2, 0) is 0 Å². The van der Waals surface area contributed by atoms with Crippen LogP contribution in [0.1, 0.15) is 0 Å². The zero-order valence-electron chi connectivity index (χ0n) is 36.0. The van der Waals surface area contributed by atoms with E-state index in [-0.39, 0.29) is 0 Å². The average Bonchev–Trinajstić information content (AvgIpc) is 3.91. The molecule has 306 valence electrons. The number of hydrogen-bond acceptors (Lipinski definition) is 0. The number of rotatable bonds is 5. The Morgan fingerprint density at radius 2 is 0.561 bits per heavy atom. The summed E-state index contributed by atoms with van der Waals surface area (Å²) in [6.07, 6.45) is 0. The van der Waals surface area contributed by atoms with E-state index in [0.29, 0.717) is 0 Å². The predicted molar refractivity (Wildman–Crippen MR) is 281 cm³/mol. The molecule has 0 N–H and O–H groups in total. The van der Waals surface area contributed by atoms with Crippen molar-refractivity contribution in [3.05, 3.63) is 243 Å². The minimum absolute atomic E-state index is 1.14. The van der Waals surface area contributed by atoms with Crippen LogP contribution in [0.15, 0.2) is 243 Å². The van der Waals surface area contributed by atoms with Gasteiger partial charge in [-0.2, -0.15) is 0 Å². The molecule has 2 heteroatoms. The SMILES string of the molecule is c1ccc2c(-c3ccc4c5c6ccccc6ccc5n(-c5ccc(-c6ccc(-n7c8cc(-c9cccc%10ccccc9%10)ccc8c8c9ccccc9ccc87)cc6)cc5)c4c3)cccc2c1. The molecule has 0 atom stereocenters. The molecule has 0 aliphatic rings. The van der Waals surface area contributed by atoms with E-state index in [1.165, 1.54) is 120 Å². The highest BCUT2D eigenvalue weighted by Gasteiger charge is 2.19. The van der Waals surface area contributed by atoms with Crippen LogP contribution in [0.2, 0.25) is 0 Å². The molecule has 14 rings (SSSR count). The van der Waals surface area contributed by atoms with Gasteiger partial charge in [0, 0.05) is 32.9 Å². The highest BCUT2D eigenvalue weighted by Crippen LogP contribution is 2.42. The summed E-state index contributed by atoms with van der Waals surface area (Å²) in [5, 5.41) is 15.2. The van der Waals surface area contributed by atoms with Gasteiger partial charge < -0.3 is 9.13 Å². The molecule has 0 fully saturated rings. The number of aromatic nitrogens is 2. The predicted octanol–water partition coefficient (Wildman–Crippen LogP) is 17.5. The van der Waals surface area contributed by atoms with Crippen molar-refractivity contribution in [3.8, 4) is 44.8 Å². The van der Waals surface area contributed by atoms with Crippen LogP contribution in [0.25, 0.3) is 131 Å². The van der Waals surface area contributed by atoms with Crippen LogP contribution in [0, 0.1) is 0 Å². The average molecular weight is 837 g/mol. The molecular weight excluding hydrogens is 797 g/mol. The third-order valence-electron chi connectivity index (χ3n) is 14.1. The molecule has 0 amide bonds. The van der Waals surface area contributed by atoms with Crippen LogP contribution in [-0.4, -0.2) is 9.13 Å². The molecule has 0 saturated heterocycles. The van der Waals surface area contributed by atoms with Gasteiger partial charge in [-0.1, -0.05) is 194 Å². The van der Waals surface area contributed by atoms with Crippen LogP contribution < -0.4 is 0 Å². The number of nitrogens with zero attached hydrogens (tertiary/aromatic N) is 2. The molecule has 0 spiro atoms. The fourth-order valence-electron chi connectivity index (χ4n) is 11.0. The van der Waals surface area contributed by atoms with Crippen LogP contribution in [0.5, 0.6) is 0 Å². The third-order valence-corrected chi connectivity index (χ3v) is 14.1. The Hall–Kier alpha value is -8.72. The second-order valence-electron chi connectivity index (χ2n) is 17.6. The molecule has 0 aliphatic heterocycles.